The van der Waals surface area contributed by atoms with Gasteiger partial charge in [0, 0.05) is 37.4 Å². The largest absolute Gasteiger partial charge is 0.471 e. The summed E-state index contributed by atoms with van der Waals surface area (Å²) in [6, 6.07) is 7.86. The van der Waals surface area contributed by atoms with Crippen molar-refractivity contribution in [2.45, 2.75) is 89.5 Å². The number of aromatic nitrogens is 1. The first kappa shape index (κ1) is 28.0. The summed E-state index contributed by atoms with van der Waals surface area (Å²) in [4.78, 5) is 17.7. The first-order chi connectivity index (χ1) is 18.6. The highest BCUT2D eigenvalue weighted by molar-refractivity contribution is 5.79. The Hall–Kier alpha value is -2.55. The number of amides is 1. The molecule has 2 aromatic rings. The highest BCUT2D eigenvalue weighted by atomic mass is 19.1. The SMILES string of the molecule is CC(C)(C)Cc1cnc2c(c1)[C@@H](NC[C@@H](O)[C@H](Cc1ccc(F)cc1)NC(=O)C1CCOC1)CC1(CCC1)O2. The van der Waals surface area contributed by atoms with E-state index >= 15 is 0 Å². The molecule has 8 heteroatoms. The van der Waals surface area contributed by atoms with Gasteiger partial charge < -0.3 is 25.2 Å². The van der Waals surface area contributed by atoms with Crippen LogP contribution < -0.4 is 15.4 Å². The number of hydrogen-bond donors (Lipinski definition) is 3. The van der Waals surface area contributed by atoms with Gasteiger partial charge in [0.15, 0.2) is 0 Å². The average Bonchev–Trinajstić information content (AvgIpc) is 3.41. The molecule has 1 spiro atoms. The molecule has 1 aromatic carbocycles. The van der Waals surface area contributed by atoms with Gasteiger partial charge in [0.05, 0.1) is 24.7 Å². The molecule has 0 bridgehead atoms. The number of halogens is 1. The van der Waals surface area contributed by atoms with Gasteiger partial charge >= 0.3 is 0 Å². The molecule has 3 heterocycles. The lowest BCUT2D eigenvalue weighted by atomic mass is 9.73. The molecule has 1 aromatic heterocycles. The van der Waals surface area contributed by atoms with E-state index in [0.717, 1.165) is 43.2 Å². The first-order valence-electron chi connectivity index (χ1n) is 14.3. The molecular weight excluding hydrogens is 497 g/mol. The number of benzene rings is 1. The fraction of sp³-hybridized carbons (Fsp3) is 0.613. The summed E-state index contributed by atoms with van der Waals surface area (Å²) in [7, 11) is 0. The van der Waals surface area contributed by atoms with Gasteiger partial charge in [0.25, 0.3) is 0 Å². The quantitative estimate of drug-likeness (QED) is 0.441. The van der Waals surface area contributed by atoms with Crippen LogP contribution in [0, 0.1) is 17.2 Å². The zero-order valence-electron chi connectivity index (χ0n) is 23.3. The molecule has 39 heavy (non-hydrogen) atoms. The Morgan fingerprint density at radius 1 is 1.23 bits per heavy atom. The molecule has 0 radical (unpaired) electrons. The number of carbonyl (C=O) groups is 1. The van der Waals surface area contributed by atoms with Gasteiger partial charge in [0.2, 0.25) is 11.8 Å². The standard InChI is InChI=1S/C31H42FN3O4/c1-30(2,3)15-21-13-24-26(16-31(10-4-11-31)39-29(24)34-17-21)33-18-27(36)25(14-20-5-7-23(32)8-6-20)35-28(37)22-9-12-38-19-22/h5-8,13,17,22,25-27,33,36H,4,9-12,14-16,18-19H2,1-3H3,(H,35,37)/t22?,25-,26-,27+/m0/s1. The van der Waals surface area contributed by atoms with E-state index in [-0.39, 0.29) is 41.2 Å². The Morgan fingerprint density at radius 3 is 2.64 bits per heavy atom. The van der Waals surface area contributed by atoms with Gasteiger partial charge in [-0.05, 0) is 73.3 Å². The van der Waals surface area contributed by atoms with Gasteiger partial charge in [-0.2, -0.15) is 0 Å². The van der Waals surface area contributed by atoms with E-state index < -0.39 is 12.1 Å². The molecule has 3 aliphatic rings. The number of pyridine rings is 1. The molecule has 1 aliphatic carbocycles. The lowest BCUT2D eigenvalue weighted by Crippen LogP contribution is -2.53. The Labute approximate surface area is 230 Å². The van der Waals surface area contributed by atoms with Crippen LogP contribution in [0.1, 0.15) is 75.6 Å². The summed E-state index contributed by atoms with van der Waals surface area (Å²) in [5.41, 5.74) is 2.99. The second-order valence-corrected chi connectivity index (χ2v) is 12.9. The number of hydrogen-bond acceptors (Lipinski definition) is 6. The third kappa shape index (κ3) is 6.97. The topological polar surface area (TPSA) is 92.7 Å². The maximum Gasteiger partial charge on any atom is 0.225 e. The third-order valence-corrected chi connectivity index (χ3v) is 8.23. The van der Waals surface area contributed by atoms with E-state index in [9.17, 15) is 14.3 Å². The van der Waals surface area contributed by atoms with Gasteiger partial charge in [-0.3, -0.25) is 4.79 Å². The number of carbonyl (C=O) groups excluding carboxylic acids is 1. The molecule has 5 rings (SSSR count). The van der Waals surface area contributed by atoms with E-state index in [0.29, 0.717) is 31.9 Å². The summed E-state index contributed by atoms with van der Waals surface area (Å²) in [5, 5.41) is 18.0. The van der Waals surface area contributed by atoms with E-state index in [2.05, 4.69) is 37.5 Å². The van der Waals surface area contributed by atoms with E-state index in [1.165, 1.54) is 17.7 Å². The van der Waals surface area contributed by atoms with Crippen molar-refractivity contribution in [3.8, 4) is 5.88 Å². The summed E-state index contributed by atoms with van der Waals surface area (Å²) < 4.78 is 25.3. The van der Waals surface area contributed by atoms with Crippen LogP contribution in [0.2, 0.25) is 0 Å². The number of aliphatic hydroxyl groups is 1. The second kappa shape index (κ2) is 11.5. The van der Waals surface area contributed by atoms with Crippen molar-refractivity contribution >= 4 is 5.91 Å². The zero-order valence-corrected chi connectivity index (χ0v) is 23.3. The first-order valence-corrected chi connectivity index (χ1v) is 14.3. The Balaban J connectivity index is 1.32. The number of fused-ring (bicyclic) bond motifs is 1. The van der Waals surface area contributed by atoms with Crippen LogP contribution in [-0.2, 0) is 22.4 Å². The average molecular weight is 540 g/mol. The van der Waals surface area contributed by atoms with Crippen LogP contribution in [-0.4, -0.2) is 53.5 Å². The number of nitrogens with zero attached hydrogens (tertiary/aromatic N) is 1. The monoisotopic (exact) mass is 539 g/mol. The van der Waals surface area contributed by atoms with Crippen molar-refractivity contribution in [1.82, 2.24) is 15.6 Å². The molecule has 7 nitrogen and oxygen atoms in total. The van der Waals surface area contributed by atoms with Crippen LogP contribution in [0.5, 0.6) is 5.88 Å². The minimum Gasteiger partial charge on any atom is -0.471 e. The summed E-state index contributed by atoms with van der Waals surface area (Å²) >= 11 is 0. The molecule has 1 saturated carbocycles. The Morgan fingerprint density at radius 2 is 2.00 bits per heavy atom. The predicted molar refractivity (Wildman–Crippen MR) is 147 cm³/mol. The van der Waals surface area contributed by atoms with Crippen molar-refractivity contribution in [2.75, 3.05) is 19.8 Å². The highest BCUT2D eigenvalue weighted by Gasteiger charge is 2.46. The van der Waals surface area contributed by atoms with Crippen molar-refractivity contribution < 1.29 is 23.8 Å². The predicted octanol–water partition coefficient (Wildman–Crippen LogP) is 4.27. The minimum absolute atomic E-state index is 0.0125. The molecule has 212 valence electrons. The maximum absolute atomic E-state index is 13.5. The van der Waals surface area contributed by atoms with E-state index in [1.807, 2.05) is 6.20 Å². The highest BCUT2D eigenvalue weighted by Crippen LogP contribution is 2.48. The summed E-state index contributed by atoms with van der Waals surface area (Å²) in [6.07, 6.45) is 7.03. The molecule has 1 saturated heterocycles. The molecule has 2 aliphatic heterocycles. The maximum atomic E-state index is 13.5. The third-order valence-electron chi connectivity index (χ3n) is 8.23. The van der Waals surface area contributed by atoms with Crippen molar-refractivity contribution in [3.63, 3.8) is 0 Å². The van der Waals surface area contributed by atoms with E-state index in [1.54, 1.807) is 12.1 Å². The molecule has 3 N–H and O–H groups in total. The fourth-order valence-electron chi connectivity index (χ4n) is 5.95. The number of nitrogens with one attached hydrogen (secondary N) is 2. The molecular formula is C31H42FN3O4. The van der Waals surface area contributed by atoms with Crippen LogP contribution >= 0.6 is 0 Å². The number of ether oxygens (including phenoxy) is 2. The fourth-order valence-corrected chi connectivity index (χ4v) is 5.95. The van der Waals surface area contributed by atoms with Gasteiger partial charge in [-0.1, -0.05) is 32.9 Å². The number of rotatable bonds is 9. The Kier molecular flexibility index (Phi) is 8.26. The van der Waals surface area contributed by atoms with Crippen LogP contribution in [0.15, 0.2) is 36.5 Å². The van der Waals surface area contributed by atoms with Gasteiger partial charge in [0.1, 0.15) is 11.4 Å². The lowest BCUT2D eigenvalue weighted by molar-refractivity contribution is -0.126. The number of aliphatic hydroxyl groups excluding tert-OH is 1. The van der Waals surface area contributed by atoms with Crippen LogP contribution in [0.25, 0.3) is 0 Å². The van der Waals surface area contributed by atoms with Crippen molar-refractivity contribution in [2.24, 2.45) is 11.3 Å². The molecule has 2 fully saturated rings. The zero-order chi connectivity index (χ0) is 27.6. The van der Waals surface area contributed by atoms with Gasteiger partial charge in [-0.25, -0.2) is 9.37 Å². The van der Waals surface area contributed by atoms with Crippen LogP contribution in [0.3, 0.4) is 0 Å². The molecule has 1 amide bonds. The smallest absolute Gasteiger partial charge is 0.225 e. The summed E-state index contributed by atoms with van der Waals surface area (Å²) in [5.74, 6) is 0.0451. The van der Waals surface area contributed by atoms with Crippen molar-refractivity contribution in [3.05, 3.63) is 59.0 Å². The van der Waals surface area contributed by atoms with Gasteiger partial charge in [-0.15, -0.1) is 0 Å². The Bertz CT molecular complexity index is 1140. The summed E-state index contributed by atoms with van der Waals surface area (Å²) in [6.45, 7) is 7.90. The molecule has 1 unspecified atom stereocenters. The van der Waals surface area contributed by atoms with Crippen molar-refractivity contribution in [1.29, 1.82) is 0 Å². The lowest BCUT2D eigenvalue weighted by Gasteiger charge is -2.47. The minimum atomic E-state index is -0.851. The van der Waals surface area contributed by atoms with Crippen LogP contribution in [0.4, 0.5) is 4.39 Å². The van der Waals surface area contributed by atoms with E-state index in [4.69, 9.17) is 14.5 Å². The normalized spacial score (nSPS) is 23.4. The second-order valence-electron chi connectivity index (χ2n) is 12.9. The molecule has 4 atom stereocenters.